The molecule has 0 aromatic heterocycles. The molecule has 0 bridgehead atoms. The van der Waals surface area contributed by atoms with Crippen LogP contribution in [0.4, 0.5) is 0 Å². The van der Waals surface area contributed by atoms with Crippen LogP contribution in [-0.4, -0.2) is 6.61 Å². The van der Waals surface area contributed by atoms with E-state index >= 15 is 0 Å². The van der Waals surface area contributed by atoms with Crippen molar-refractivity contribution >= 4 is 34.8 Å². The van der Waals surface area contributed by atoms with Crippen molar-refractivity contribution in [3.8, 4) is 11.5 Å². The molecule has 6 heteroatoms. The van der Waals surface area contributed by atoms with Gasteiger partial charge < -0.3 is 14.8 Å². The molecule has 3 rings (SSSR count). The maximum absolute atomic E-state index is 6.55. The van der Waals surface area contributed by atoms with Gasteiger partial charge >= 0.3 is 0 Å². The molecule has 0 saturated carbocycles. The summed E-state index contributed by atoms with van der Waals surface area (Å²) >= 11 is 18.6. The molecule has 0 unspecified atom stereocenters. The molecule has 0 aliphatic rings. The van der Waals surface area contributed by atoms with E-state index < -0.39 is 0 Å². The van der Waals surface area contributed by atoms with E-state index in [0.717, 1.165) is 11.1 Å². The summed E-state index contributed by atoms with van der Waals surface area (Å²) in [6.45, 7) is 5.53. The summed E-state index contributed by atoms with van der Waals surface area (Å²) in [5, 5.41) is 5.02. The fraction of sp³-hybridized carbons (Fsp3) is 0.250. The average Bonchev–Trinajstić information content (AvgIpc) is 2.74. The zero-order valence-electron chi connectivity index (χ0n) is 16.9. The summed E-state index contributed by atoms with van der Waals surface area (Å²) in [5.74, 6) is 1.14. The molecule has 0 radical (unpaired) electrons. The van der Waals surface area contributed by atoms with Crippen LogP contribution in [0.1, 0.15) is 36.6 Å². The van der Waals surface area contributed by atoms with E-state index in [-0.39, 0.29) is 6.04 Å². The molecule has 0 fully saturated rings. The number of hydrogen-bond acceptors (Lipinski definition) is 3. The molecule has 0 saturated heterocycles. The number of benzene rings is 3. The second-order valence-corrected chi connectivity index (χ2v) is 8.11. The lowest BCUT2D eigenvalue weighted by atomic mass is 10.1. The molecule has 3 nitrogen and oxygen atoms in total. The Morgan fingerprint density at radius 2 is 1.57 bits per heavy atom. The second kappa shape index (κ2) is 10.9. The molecule has 0 spiro atoms. The Kier molecular flexibility index (Phi) is 8.29. The van der Waals surface area contributed by atoms with Crippen LogP contribution in [0, 0.1) is 0 Å². The van der Waals surface area contributed by atoms with Crippen molar-refractivity contribution < 1.29 is 9.47 Å². The molecule has 1 N–H and O–H groups in total. The summed E-state index contributed by atoms with van der Waals surface area (Å²) in [6, 6.07) is 19.8. The molecule has 0 heterocycles. The zero-order valence-corrected chi connectivity index (χ0v) is 19.2. The van der Waals surface area contributed by atoms with E-state index in [1.807, 2.05) is 43.3 Å². The minimum atomic E-state index is 0.214. The Balaban J connectivity index is 1.72. The van der Waals surface area contributed by atoms with Crippen LogP contribution in [0.5, 0.6) is 11.5 Å². The van der Waals surface area contributed by atoms with Crippen molar-refractivity contribution in [2.24, 2.45) is 0 Å². The third-order valence-corrected chi connectivity index (χ3v) is 5.67. The predicted molar refractivity (Wildman–Crippen MR) is 125 cm³/mol. The predicted octanol–water partition coefficient (Wildman–Crippen LogP) is 7.48. The molecule has 3 aromatic carbocycles. The summed E-state index contributed by atoms with van der Waals surface area (Å²) in [5.41, 5.74) is 3.15. The Labute approximate surface area is 192 Å². The first-order valence-electron chi connectivity index (χ1n) is 9.78. The Bertz CT molecular complexity index is 980. The molecular weight excluding hydrogens is 441 g/mol. The fourth-order valence-corrected chi connectivity index (χ4v) is 3.65. The van der Waals surface area contributed by atoms with Gasteiger partial charge in [0.25, 0.3) is 0 Å². The normalized spacial score (nSPS) is 11.9. The standard InChI is InChI=1S/C24H24Cl3NO2/c1-3-29-23-13-18(14-28-16(2)19-7-5-4-6-8-19)12-22(27)24(23)30-15-17-9-10-20(25)21(26)11-17/h4-13,16,28H,3,14-15H2,1-2H3/t16-/m1/s1. The van der Waals surface area contributed by atoms with Crippen molar-refractivity contribution in [3.63, 3.8) is 0 Å². The van der Waals surface area contributed by atoms with Crippen LogP contribution in [0.2, 0.25) is 15.1 Å². The van der Waals surface area contributed by atoms with E-state index in [1.54, 1.807) is 12.1 Å². The van der Waals surface area contributed by atoms with E-state index in [2.05, 4.69) is 24.4 Å². The van der Waals surface area contributed by atoms with Gasteiger partial charge in [-0.2, -0.15) is 0 Å². The number of halogens is 3. The van der Waals surface area contributed by atoms with E-state index in [9.17, 15) is 0 Å². The first-order chi connectivity index (χ1) is 14.5. The van der Waals surface area contributed by atoms with Crippen LogP contribution in [0.15, 0.2) is 60.7 Å². The molecule has 3 aromatic rings. The molecule has 30 heavy (non-hydrogen) atoms. The quantitative estimate of drug-likeness (QED) is 0.356. The van der Waals surface area contributed by atoms with Gasteiger partial charge in [-0.3, -0.25) is 0 Å². The molecular formula is C24H24Cl3NO2. The molecule has 0 aliphatic heterocycles. The average molecular weight is 465 g/mol. The van der Waals surface area contributed by atoms with Gasteiger partial charge in [-0.15, -0.1) is 0 Å². The van der Waals surface area contributed by atoms with Crippen LogP contribution < -0.4 is 14.8 Å². The van der Waals surface area contributed by atoms with Gasteiger partial charge in [0.05, 0.1) is 21.7 Å². The topological polar surface area (TPSA) is 30.5 Å². The lowest BCUT2D eigenvalue weighted by Crippen LogP contribution is -2.18. The van der Waals surface area contributed by atoms with Crippen molar-refractivity contribution in [1.82, 2.24) is 5.32 Å². The number of ether oxygens (including phenoxy) is 2. The Morgan fingerprint density at radius 3 is 2.27 bits per heavy atom. The minimum absolute atomic E-state index is 0.214. The van der Waals surface area contributed by atoms with Crippen molar-refractivity contribution in [2.45, 2.75) is 33.0 Å². The third kappa shape index (κ3) is 6.05. The summed E-state index contributed by atoms with van der Waals surface area (Å²) in [7, 11) is 0. The molecule has 0 amide bonds. The van der Waals surface area contributed by atoms with Crippen LogP contribution in [0.25, 0.3) is 0 Å². The van der Waals surface area contributed by atoms with Crippen molar-refractivity contribution in [2.75, 3.05) is 6.61 Å². The summed E-state index contributed by atoms with van der Waals surface area (Å²) in [6.07, 6.45) is 0. The van der Waals surface area contributed by atoms with Gasteiger partial charge in [-0.1, -0.05) is 71.2 Å². The summed E-state index contributed by atoms with van der Waals surface area (Å²) in [4.78, 5) is 0. The monoisotopic (exact) mass is 463 g/mol. The fourth-order valence-electron chi connectivity index (χ4n) is 3.04. The van der Waals surface area contributed by atoms with Gasteiger partial charge in [0.2, 0.25) is 0 Å². The Hall–Kier alpha value is -1.91. The highest BCUT2D eigenvalue weighted by Gasteiger charge is 2.14. The van der Waals surface area contributed by atoms with Gasteiger partial charge in [0.15, 0.2) is 11.5 Å². The van der Waals surface area contributed by atoms with E-state index in [1.165, 1.54) is 5.56 Å². The molecule has 158 valence electrons. The maximum atomic E-state index is 6.55. The lowest BCUT2D eigenvalue weighted by molar-refractivity contribution is 0.269. The largest absolute Gasteiger partial charge is 0.490 e. The molecule has 1 atom stereocenters. The smallest absolute Gasteiger partial charge is 0.180 e. The number of nitrogens with one attached hydrogen (secondary N) is 1. The number of rotatable bonds is 9. The summed E-state index contributed by atoms with van der Waals surface area (Å²) < 4.78 is 11.8. The highest BCUT2D eigenvalue weighted by molar-refractivity contribution is 6.42. The zero-order chi connectivity index (χ0) is 21.5. The number of hydrogen-bond donors (Lipinski definition) is 1. The van der Waals surface area contributed by atoms with Gasteiger partial charge in [-0.05, 0) is 54.8 Å². The van der Waals surface area contributed by atoms with Crippen LogP contribution in [0.3, 0.4) is 0 Å². The third-order valence-electron chi connectivity index (χ3n) is 4.65. The Morgan fingerprint density at radius 1 is 0.833 bits per heavy atom. The first kappa shape index (κ1) is 22.8. The van der Waals surface area contributed by atoms with Crippen LogP contribution in [-0.2, 0) is 13.2 Å². The van der Waals surface area contributed by atoms with Crippen molar-refractivity contribution in [3.05, 3.63) is 92.4 Å². The lowest BCUT2D eigenvalue weighted by Gasteiger charge is -2.18. The SMILES string of the molecule is CCOc1cc(CN[C@H](C)c2ccccc2)cc(Cl)c1OCc1ccc(Cl)c(Cl)c1. The molecule has 0 aliphatic carbocycles. The minimum Gasteiger partial charge on any atom is -0.490 e. The van der Waals surface area contributed by atoms with Gasteiger partial charge in [0.1, 0.15) is 6.61 Å². The maximum Gasteiger partial charge on any atom is 0.180 e. The highest BCUT2D eigenvalue weighted by Crippen LogP contribution is 2.37. The van der Waals surface area contributed by atoms with Crippen LogP contribution >= 0.6 is 34.8 Å². The first-order valence-corrected chi connectivity index (χ1v) is 10.9. The van der Waals surface area contributed by atoms with Gasteiger partial charge in [0, 0.05) is 12.6 Å². The van der Waals surface area contributed by atoms with Crippen molar-refractivity contribution in [1.29, 1.82) is 0 Å². The van der Waals surface area contributed by atoms with E-state index in [4.69, 9.17) is 44.3 Å². The van der Waals surface area contributed by atoms with E-state index in [0.29, 0.717) is 46.3 Å². The highest BCUT2D eigenvalue weighted by atomic mass is 35.5. The van der Waals surface area contributed by atoms with Gasteiger partial charge in [-0.25, -0.2) is 0 Å². The second-order valence-electron chi connectivity index (χ2n) is 6.89.